The minimum absolute atomic E-state index is 0.0505. The summed E-state index contributed by atoms with van der Waals surface area (Å²) < 4.78 is 4.83. The van der Waals surface area contributed by atoms with E-state index in [-0.39, 0.29) is 11.6 Å². The first-order valence-electron chi connectivity index (χ1n) is 4.28. The van der Waals surface area contributed by atoms with Gasteiger partial charge in [-0.05, 0) is 6.07 Å². The van der Waals surface area contributed by atoms with Crippen LogP contribution in [-0.4, -0.2) is 32.4 Å². The zero-order valence-corrected chi connectivity index (χ0v) is 8.25. The second-order valence-electron chi connectivity index (χ2n) is 2.84. The molecule has 0 bridgehead atoms. The van der Waals surface area contributed by atoms with Crippen molar-refractivity contribution in [2.75, 3.05) is 7.11 Å². The molecule has 0 spiro atoms. The van der Waals surface area contributed by atoms with E-state index in [0.717, 1.165) is 0 Å². The second-order valence-corrected chi connectivity index (χ2v) is 2.84. The molecule has 8 nitrogen and oxygen atoms in total. The Labute approximate surface area is 89.4 Å². The van der Waals surface area contributed by atoms with Crippen molar-refractivity contribution >= 4 is 5.69 Å². The maximum absolute atomic E-state index is 10.6. The molecule has 0 fully saturated rings. The van der Waals surface area contributed by atoms with Gasteiger partial charge in [0.15, 0.2) is 0 Å². The van der Waals surface area contributed by atoms with Crippen LogP contribution in [0.1, 0.15) is 0 Å². The Balaban J connectivity index is 2.49. The standard InChI is InChI=1S/C8H7N5O3/c1-16-8-7(13(14)15)3-2-5(10-8)6-4-9-12-11-6/h2-4H,1H3,(H,9,11,12). The fourth-order valence-electron chi connectivity index (χ4n) is 1.19. The van der Waals surface area contributed by atoms with Crippen molar-refractivity contribution in [1.29, 1.82) is 0 Å². The third kappa shape index (κ3) is 1.67. The minimum atomic E-state index is -0.557. The van der Waals surface area contributed by atoms with E-state index in [1.807, 2.05) is 0 Å². The van der Waals surface area contributed by atoms with E-state index in [0.29, 0.717) is 11.4 Å². The summed E-state index contributed by atoms with van der Waals surface area (Å²) >= 11 is 0. The lowest BCUT2D eigenvalue weighted by atomic mass is 10.3. The van der Waals surface area contributed by atoms with Gasteiger partial charge in [0, 0.05) is 6.07 Å². The van der Waals surface area contributed by atoms with E-state index in [9.17, 15) is 10.1 Å². The van der Waals surface area contributed by atoms with Crippen LogP contribution >= 0.6 is 0 Å². The molecular weight excluding hydrogens is 214 g/mol. The molecule has 1 N–H and O–H groups in total. The van der Waals surface area contributed by atoms with E-state index >= 15 is 0 Å². The lowest BCUT2D eigenvalue weighted by Crippen LogP contribution is -1.97. The molecule has 2 aromatic heterocycles. The summed E-state index contributed by atoms with van der Waals surface area (Å²) in [5, 5.41) is 20.5. The lowest BCUT2D eigenvalue weighted by molar-refractivity contribution is -0.386. The van der Waals surface area contributed by atoms with E-state index in [1.54, 1.807) is 0 Å². The predicted molar refractivity (Wildman–Crippen MR) is 52.8 cm³/mol. The van der Waals surface area contributed by atoms with Crippen molar-refractivity contribution in [3.8, 4) is 17.3 Å². The number of ether oxygens (including phenoxy) is 1. The normalized spacial score (nSPS) is 10.1. The molecular formula is C8H7N5O3. The van der Waals surface area contributed by atoms with Crippen molar-refractivity contribution in [2.45, 2.75) is 0 Å². The number of nitrogens with zero attached hydrogens (tertiary/aromatic N) is 4. The molecule has 0 aliphatic heterocycles. The molecule has 2 aromatic rings. The number of aromatic nitrogens is 4. The van der Waals surface area contributed by atoms with Crippen molar-refractivity contribution in [2.24, 2.45) is 0 Å². The summed E-state index contributed by atoms with van der Waals surface area (Å²) in [5.41, 5.74) is 0.763. The molecule has 0 unspecified atom stereocenters. The fraction of sp³-hybridized carbons (Fsp3) is 0.125. The molecule has 0 aliphatic carbocycles. The number of pyridine rings is 1. The summed E-state index contributed by atoms with van der Waals surface area (Å²) in [6.45, 7) is 0. The number of nitrogens with one attached hydrogen (secondary N) is 1. The lowest BCUT2D eigenvalue weighted by Gasteiger charge is -2.01. The van der Waals surface area contributed by atoms with Crippen molar-refractivity contribution in [3.63, 3.8) is 0 Å². The van der Waals surface area contributed by atoms with Gasteiger partial charge >= 0.3 is 5.69 Å². The highest BCUT2D eigenvalue weighted by molar-refractivity contribution is 5.57. The molecule has 8 heteroatoms. The number of hydrogen-bond acceptors (Lipinski definition) is 6. The second kappa shape index (κ2) is 3.93. The van der Waals surface area contributed by atoms with E-state index < -0.39 is 4.92 Å². The summed E-state index contributed by atoms with van der Waals surface area (Å²) in [6, 6.07) is 2.80. The van der Waals surface area contributed by atoms with E-state index in [1.165, 1.54) is 25.4 Å². The molecule has 2 heterocycles. The van der Waals surface area contributed by atoms with Crippen LogP contribution in [0, 0.1) is 10.1 Å². The van der Waals surface area contributed by atoms with E-state index in [2.05, 4.69) is 20.4 Å². The third-order valence-corrected chi connectivity index (χ3v) is 1.91. The molecule has 0 radical (unpaired) electrons. The number of methoxy groups -OCH3 is 1. The maximum atomic E-state index is 10.6. The van der Waals surface area contributed by atoms with Crippen LogP contribution in [0.25, 0.3) is 11.4 Å². The number of aromatic amines is 1. The van der Waals surface area contributed by atoms with Crippen LogP contribution in [0.5, 0.6) is 5.88 Å². The van der Waals surface area contributed by atoms with Gasteiger partial charge in [0.25, 0.3) is 5.88 Å². The van der Waals surface area contributed by atoms with Crippen LogP contribution in [0.3, 0.4) is 0 Å². The molecule has 0 aliphatic rings. The Bertz CT molecular complexity index is 510. The summed E-state index contributed by atoms with van der Waals surface area (Å²) in [6.07, 6.45) is 1.47. The van der Waals surface area contributed by atoms with Gasteiger partial charge in [0.05, 0.1) is 23.9 Å². The zero-order chi connectivity index (χ0) is 11.5. The van der Waals surface area contributed by atoms with Gasteiger partial charge < -0.3 is 4.74 Å². The largest absolute Gasteiger partial charge is 0.476 e. The quantitative estimate of drug-likeness (QED) is 0.606. The topological polar surface area (TPSA) is 107 Å². The first-order chi connectivity index (χ1) is 7.72. The molecule has 0 saturated heterocycles. The van der Waals surface area contributed by atoms with Crippen LogP contribution in [-0.2, 0) is 0 Å². The average Bonchev–Trinajstić information content (AvgIpc) is 2.81. The molecule has 16 heavy (non-hydrogen) atoms. The summed E-state index contributed by atoms with van der Waals surface area (Å²) in [5.74, 6) is -0.0505. The highest BCUT2D eigenvalue weighted by Gasteiger charge is 2.17. The molecule has 2 rings (SSSR count). The van der Waals surface area contributed by atoms with Gasteiger partial charge in [-0.2, -0.15) is 15.4 Å². The van der Waals surface area contributed by atoms with Gasteiger partial charge in [0.1, 0.15) is 5.69 Å². The first-order valence-corrected chi connectivity index (χ1v) is 4.28. The van der Waals surface area contributed by atoms with Crippen LogP contribution in [0.2, 0.25) is 0 Å². The Morgan fingerprint density at radius 1 is 1.44 bits per heavy atom. The molecule has 0 amide bonds. The Kier molecular flexibility index (Phi) is 2.46. The third-order valence-electron chi connectivity index (χ3n) is 1.91. The van der Waals surface area contributed by atoms with Gasteiger partial charge in [-0.1, -0.05) is 0 Å². The molecule has 0 aromatic carbocycles. The predicted octanol–water partition coefficient (Wildman–Crippen LogP) is 0.783. The molecule has 0 saturated carbocycles. The smallest absolute Gasteiger partial charge is 0.330 e. The Morgan fingerprint density at radius 3 is 2.81 bits per heavy atom. The SMILES string of the molecule is COc1nc(-c2cn[nH]n2)ccc1[N+](=O)[O-]. The number of rotatable bonds is 3. The number of H-pyrrole nitrogens is 1. The fourth-order valence-corrected chi connectivity index (χ4v) is 1.19. The summed E-state index contributed by atoms with van der Waals surface area (Å²) in [7, 11) is 1.32. The van der Waals surface area contributed by atoms with E-state index in [4.69, 9.17) is 4.74 Å². The zero-order valence-electron chi connectivity index (χ0n) is 8.25. The highest BCUT2D eigenvalue weighted by atomic mass is 16.6. The van der Waals surface area contributed by atoms with Gasteiger partial charge in [-0.3, -0.25) is 10.1 Å². The highest BCUT2D eigenvalue weighted by Crippen LogP contribution is 2.26. The average molecular weight is 221 g/mol. The Hall–Kier alpha value is -2.51. The summed E-state index contributed by atoms with van der Waals surface area (Å²) in [4.78, 5) is 14.0. The van der Waals surface area contributed by atoms with Crippen molar-refractivity contribution in [1.82, 2.24) is 20.4 Å². The van der Waals surface area contributed by atoms with Crippen LogP contribution < -0.4 is 4.74 Å². The van der Waals surface area contributed by atoms with Crippen molar-refractivity contribution in [3.05, 3.63) is 28.4 Å². The first kappa shape index (κ1) is 10.0. The van der Waals surface area contributed by atoms with Gasteiger partial charge in [-0.25, -0.2) is 4.98 Å². The van der Waals surface area contributed by atoms with Crippen molar-refractivity contribution < 1.29 is 9.66 Å². The molecule has 82 valence electrons. The van der Waals surface area contributed by atoms with Gasteiger partial charge in [-0.15, -0.1) is 0 Å². The molecule has 0 atom stereocenters. The minimum Gasteiger partial charge on any atom is -0.476 e. The van der Waals surface area contributed by atoms with Crippen LogP contribution in [0.15, 0.2) is 18.3 Å². The van der Waals surface area contributed by atoms with Gasteiger partial charge in [0.2, 0.25) is 0 Å². The maximum Gasteiger partial charge on any atom is 0.330 e. The number of hydrogen-bond donors (Lipinski definition) is 1. The van der Waals surface area contributed by atoms with Crippen LogP contribution in [0.4, 0.5) is 5.69 Å². The number of nitro groups is 1. The Morgan fingerprint density at radius 2 is 2.25 bits per heavy atom. The monoisotopic (exact) mass is 221 g/mol.